The maximum Gasteiger partial charge on any atom is 0.340 e. The highest BCUT2D eigenvalue weighted by Crippen LogP contribution is 2.38. The minimum absolute atomic E-state index is 0.220. The molecule has 6 nitrogen and oxygen atoms in total. The van der Waals surface area contributed by atoms with Crippen LogP contribution in [0.3, 0.4) is 0 Å². The number of amides is 1. The van der Waals surface area contributed by atoms with Gasteiger partial charge in [-0.3, -0.25) is 9.69 Å². The molecule has 180 valence electrons. The van der Waals surface area contributed by atoms with Crippen LogP contribution in [0.15, 0.2) is 69.8 Å². The van der Waals surface area contributed by atoms with Crippen LogP contribution in [0.2, 0.25) is 5.02 Å². The van der Waals surface area contributed by atoms with E-state index in [2.05, 4.69) is 20.5 Å². The fourth-order valence-electron chi connectivity index (χ4n) is 4.36. The molecule has 0 N–H and O–H groups in total. The van der Waals surface area contributed by atoms with Crippen molar-refractivity contribution in [3.63, 3.8) is 0 Å². The number of ether oxygens (including phenoxy) is 2. The van der Waals surface area contributed by atoms with Crippen molar-refractivity contribution in [2.24, 2.45) is 0 Å². The summed E-state index contributed by atoms with van der Waals surface area (Å²) < 4.78 is 13.4. The summed E-state index contributed by atoms with van der Waals surface area (Å²) in [5.41, 5.74) is 5.26. The summed E-state index contributed by atoms with van der Waals surface area (Å²) in [6, 6.07) is 15.0. The highest BCUT2D eigenvalue weighted by Gasteiger charge is 2.38. The Labute approximate surface area is 217 Å². The zero-order chi connectivity index (χ0) is 25.4. The number of hydrogen-bond acceptors (Lipinski definition) is 4. The fourth-order valence-corrected chi connectivity index (χ4v) is 4.88. The van der Waals surface area contributed by atoms with E-state index in [1.807, 2.05) is 44.2 Å². The summed E-state index contributed by atoms with van der Waals surface area (Å²) in [5.74, 6) is -0.420. The van der Waals surface area contributed by atoms with Gasteiger partial charge in [0, 0.05) is 27.2 Å². The Balaban J connectivity index is 1.83. The zero-order valence-electron chi connectivity index (χ0n) is 20.0. The number of nitrogens with zero attached hydrogens (tertiary/aromatic N) is 2. The molecule has 0 radical (unpaired) electrons. The number of anilines is 1. The van der Waals surface area contributed by atoms with E-state index in [9.17, 15) is 9.59 Å². The molecule has 1 aliphatic heterocycles. The predicted molar refractivity (Wildman–Crippen MR) is 141 cm³/mol. The van der Waals surface area contributed by atoms with Crippen LogP contribution in [-0.2, 0) is 14.3 Å². The normalized spacial score (nSPS) is 14.8. The third-order valence-corrected chi connectivity index (χ3v) is 6.86. The van der Waals surface area contributed by atoms with Gasteiger partial charge in [0.25, 0.3) is 5.91 Å². The molecule has 2 heterocycles. The van der Waals surface area contributed by atoms with Crippen molar-refractivity contribution in [3.8, 4) is 11.4 Å². The lowest BCUT2D eigenvalue weighted by atomic mass is 10.0. The number of carbonyl (C=O) groups is 2. The second-order valence-electron chi connectivity index (χ2n) is 8.11. The molecule has 0 fully saturated rings. The van der Waals surface area contributed by atoms with Crippen LogP contribution in [0.4, 0.5) is 5.69 Å². The van der Waals surface area contributed by atoms with Crippen LogP contribution in [0, 0.1) is 13.8 Å². The smallest absolute Gasteiger partial charge is 0.340 e. The van der Waals surface area contributed by atoms with E-state index in [-0.39, 0.29) is 17.1 Å². The van der Waals surface area contributed by atoms with Crippen molar-refractivity contribution in [2.75, 3.05) is 19.1 Å². The highest BCUT2D eigenvalue weighted by atomic mass is 79.9. The number of hydrogen-bond donors (Lipinski definition) is 0. The molecule has 4 rings (SSSR count). The van der Waals surface area contributed by atoms with Crippen LogP contribution in [0.1, 0.15) is 23.9 Å². The van der Waals surface area contributed by atoms with Gasteiger partial charge in [0.05, 0.1) is 36.1 Å². The first-order valence-electron chi connectivity index (χ1n) is 10.8. The molecule has 1 aliphatic rings. The van der Waals surface area contributed by atoms with Crippen LogP contribution < -0.4 is 9.64 Å². The molecule has 35 heavy (non-hydrogen) atoms. The van der Waals surface area contributed by atoms with Crippen molar-refractivity contribution >= 4 is 51.2 Å². The molecule has 0 spiro atoms. The maximum atomic E-state index is 13.6. The Morgan fingerprint density at radius 3 is 2.26 bits per heavy atom. The van der Waals surface area contributed by atoms with Gasteiger partial charge in [0.15, 0.2) is 0 Å². The number of allylic oxidation sites excluding steroid dienone is 1. The lowest BCUT2D eigenvalue weighted by molar-refractivity contribution is -0.136. The van der Waals surface area contributed by atoms with Crippen LogP contribution in [0.5, 0.6) is 5.75 Å². The van der Waals surface area contributed by atoms with E-state index < -0.39 is 5.97 Å². The minimum Gasteiger partial charge on any atom is -0.495 e. The van der Waals surface area contributed by atoms with Crippen LogP contribution in [0.25, 0.3) is 11.8 Å². The Bertz CT molecular complexity index is 1400. The number of aromatic nitrogens is 1. The number of esters is 1. The van der Waals surface area contributed by atoms with E-state index in [1.54, 1.807) is 31.2 Å². The first-order valence-corrected chi connectivity index (χ1v) is 12.0. The highest BCUT2D eigenvalue weighted by molar-refractivity contribution is 9.10. The lowest BCUT2D eigenvalue weighted by Gasteiger charge is -2.19. The van der Waals surface area contributed by atoms with Gasteiger partial charge in [0.1, 0.15) is 5.75 Å². The van der Waals surface area contributed by atoms with Gasteiger partial charge < -0.3 is 14.0 Å². The van der Waals surface area contributed by atoms with E-state index in [0.717, 1.165) is 27.1 Å². The number of methoxy groups -OCH3 is 2. The van der Waals surface area contributed by atoms with E-state index in [4.69, 9.17) is 21.1 Å². The fraction of sp³-hybridized carbons (Fsp3) is 0.185. The molecule has 0 unspecified atom stereocenters. The second-order valence-corrected chi connectivity index (χ2v) is 9.43. The lowest BCUT2D eigenvalue weighted by Crippen LogP contribution is -2.24. The van der Waals surface area contributed by atoms with Gasteiger partial charge in [-0.1, -0.05) is 27.5 Å². The Morgan fingerprint density at radius 2 is 1.66 bits per heavy atom. The molecular formula is C27H24BrClN2O4. The van der Waals surface area contributed by atoms with Crippen LogP contribution >= 0.6 is 27.5 Å². The number of carbonyl (C=O) groups excluding carboxylic acids is 2. The van der Waals surface area contributed by atoms with Gasteiger partial charge in [-0.15, -0.1) is 0 Å². The molecule has 2 aromatic carbocycles. The first kappa shape index (κ1) is 24.8. The second kappa shape index (κ2) is 9.76. The summed E-state index contributed by atoms with van der Waals surface area (Å²) in [7, 11) is 2.82. The summed E-state index contributed by atoms with van der Waals surface area (Å²) >= 11 is 9.78. The van der Waals surface area contributed by atoms with E-state index >= 15 is 0 Å². The molecule has 0 saturated carbocycles. The molecular weight excluding hydrogens is 532 g/mol. The van der Waals surface area contributed by atoms with Gasteiger partial charge in [0.2, 0.25) is 0 Å². The third kappa shape index (κ3) is 4.42. The molecule has 0 bridgehead atoms. The summed E-state index contributed by atoms with van der Waals surface area (Å²) in [6.45, 7) is 5.70. The van der Waals surface area contributed by atoms with Crippen molar-refractivity contribution in [1.82, 2.24) is 4.57 Å². The summed E-state index contributed by atoms with van der Waals surface area (Å²) in [4.78, 5) is 27.9. The number of benzene rings is 2. The van der Waals surface area contributed by atoms with E-state index in [0.29, 0.717) is 22.2 Å². The molecule has 1 aromatic heterocycles. The Morgan fingerprint density at radius 1 is 1.00 bits per heavy atom. The Hall–Kier alpha value is -3.29. The van der Waals surface area contributed by atoms with Crippen LogP contribution in [-0.4, -0.2) is 30.7 Å². The van der Waals surface area contributed by atoms with Crippen molar-refractivity contribution < 1.29 is 19.1 Å². The molecule has 0 saturated heterocycles. The first-order chi connectivity index (χ1) is 16.7. The van der Waals surface area contributed by atoms with Crippen molar-refractivity contribution in [3.05, 3.63) is 91.8 Å². The van der Waals surface area contributed by atoms with Crippen molar-refractivity contribution in [2.45, 2.75) is 20.8 Å². The van der Waals surface area contributed by atoms with E-state index in [1.165, 1.54) is 19.1 Å². The predicted octanol–water partition coefficient (Wildman–Crippen LogP) is 6.40. The molecule has 0 aliphatic carbocycles. The van der Waals surface area contributed by atoms with Gasteiger partial charge in [-0.2, -0.15) is 0 Å². The summed E-state index contributed by atoms with van der Waals surface area (Å²) in [5, 5.41) is 0.362. The molecule has 1 amide bonds. The van der Waals surface area contributed by atoms with Gasteiger partial charge in [-0.25, -0.2) is 4.79 Å². The largest absolute Gasteiger partial charge is 0.495 e. The standard InChI is InChI=1S/C27H24BrClN2O4/c1-15-12-18(16(2)30(15)20-8-6-19(28)7-9-20)13-22-25(27(33)35-5)17(3)31(26(22)32)21-10-11-24(34-4)23(29)14-21/h6-14H,1-5H3/b22-13-. The summed E-state index contributed by atoms with van der Waals surface area (Å²) in [6.07, 6.45) is 1.75. The molecule has 3 aromatic rings. The average Bonchev–Trinajstić information content (AvgIpc) is 3.25. The average molecular weight is 556 g/mol. The molecule has 0 atom stereocenters. The quantitative estimate of drug-likeness (QED) is 0.270. The molecule has 8 heteroatoms. The SMILES string of the molecule is COC(=O)C1=C(C)N(c2ccc(OC)c(Cl)c2)C(=O)/C1=C\c1cc(C)n(-c2ccc(Br)cc2)c1C. The maximum absolute atomic E-state index is 13.6. The van der Waals surface area contributed by atoms with Gasteiger partial charge >= 0.3 is 5.97 Å². The number of rotatable bonds is 5. The van der Waals surface area contributed by atoms with Gasteiger partial charge in [-0.05, 0) is 80.9 Å². The van der Waals surface area contributed by atoms with Crippen molar-refractivity contribution in [1.29, 1.82) is 0 Å². The number of halogens is 2. The number of aryl methyl sites for hydroxylation is 1. The Kier molecular flexibility index (Phi) is 6.92. The monoisotopic (exact) mass is 554 g/mol. The third-order valence-electron chi connectivity index (χ3n) is 6.04. The zero-order valence-corrected chi connectivity index (χ0v) is 22.3. The topological polar surface area (TPSA) is 60.8 Å². The minimum atomic E-state index is -0.578.